The first-order valence-corrected chi connectivity index (χ1v) is 7.05. The van der Waals surface area contributed by atoms with E-state index < -0.39 is 5.97 Å². The van der Waals surface area contributed by atoms with Gasteiger partial charge in [0.15, 0.2) is 5.13 Å². The van der Waals surface area contributed by atoms with E-state index in [-0.39, 0.29) is 5.41 Å². The third-order valence-electron chi connectivity index (χ3n) is 2.84. The molecule has 1 aromatic rings. The Kier molecular flexibility index (Phi) is 3.36. The molecule has 0 saturated heterocycles. The lowest BCUT2D eigenvalue weighted by Gasteiger charge is -2.26. The summed E-state index contributed by atoms with van der Waals surface area (Å²) in [6, 6.07) is 0. The van der Waals surface area contributed by atoms with Gasteiger partial charge < -0.3 is 10.0 Å². The Morgan fingerprint density at radius 1 is 1.50 bits per heavy atom. The minimum Gasteiger partial charge on any atom is -0.477 e. The molecule has 1 aliphatic carbocycles. The van der Waals surface area contributed by atoms with Crippen molar-refractivity contribution in [2.45, 2.75) is 39.5 Å². The second kappa shape index (κ2) is 4.53. The molecule has 0 aliphatic heterocycles. The standard InChI is InChI=1S/C13H20N2O2S/c1-13(2,3)7-15(4)12-14-9(8-5-6-8)10(18-12)11(16)17/h8H,5-7H2,1-4H3,(H,16,17). The molecule has 0 aromatic carbocycles. The Morgan fingerprint density at radius 3 is 2.56 bits per heavy atom. The summed E-state index contributed by atoms with van der Waals surface area (Å²) in [5.74, 6) is -0.464. The SMILES string of the molecule is CN(CC(C)(C)C)c1nc(C2CC2)c(C(=O)O)s1. The monoisotopic (exact) mass is 268 g/mol. The second-order valence-electron chi connectivity index (χ2n) is 6.21. The summed E-state index contributed by atoms with van der Waals surface area (Å²) in [6.45, 7) is 7.36. The number of aromatic nitrogens is 1. The lowest BCUT2D eigenvalue weighted by molar-refractivity contribution is 0.0700. The summed E-state index contributed by atoms with van der Waals surface area (Å²) >= 11 is 1.30. The fraction of sp³-hybridized carbons (Fsp3) is 0.692. The number of carboxylic acids is 1. The number of aromatic carboxylic acids is 1. The zero-order valence-corrected chi connectivity index (χ0v) is 12.2. The molecule has 0 bridgehead atoms. The topological polar surface area (TPSA) is 53.4 Å². The first-order chi connectivity index (χ1) is 8.28. The van der Waals surface area contributed by atoms with Crippen LogP contribution >= 0.6 is 11.3 Å². The average Bonchev–Trinajstić information content (AvgIpc) is 2.94. The molecule has 1 heterocycles. The van der Waals surface area contributed by atoms with Crippen molar-refractivity contribution >= 4 is 22.4 Å². The third kappa shape index (κ3) is 3.02. The fourth-order valence-electron chi connectivity index (χ4n) is 2.05. The van der Waals surface area contributed by atoms with Crippen molar-refractivity contribution in [3.05, 3.63) is 10.6 Å². The summed E-state index contributed by atoms with van der Waals surface area (Å²) in [5.41, 5.74) is 0.965. The lowest BCUT2D eigenvalue weighted by atomic mass is 9.96. The van der Waals surface area contributed by atoms with Gasteiger partial charge in [0.2, 0.25) is 0 Å². The van der Waals surface area contributed by atoms with Gasteiger partial charge >= 0.3 is 5.97 Å². The molecule has 0 amide bonds. The molecule has 1 aliphatic rings. The quantitative estimate of drug-likeness (QED) is 0.911. The Morgan fingerprint density at radius 2 is 2.11 bits per heavy atom. The van der Waals surface area contributed by atoms with Crippen molar-refractivity contribution in [2.24, 2.45) is 5.41 Å². The molecule has 2 rings (SSSR count). The Labute approximate surface area is 112 Å². The highest BCUT2D eigenvalue weighted by Gasteiger charge is 2.32. The molecule has 0 spiro atoms. The minimum absolute atomic E-state index is 0.170. The molecule has 1 fully saturated rings. The van der Waals surface area contributed by atoms with Crippen LogP contribution in [0.15, 0.2) is 0 Å². The maximum atomic E-state index is 11.2. The number of anilines is 1. The van der Waals surface area contributed by atoms with Gasteiger partial charge in [0.1, 0.15) is 4.88 Å². The molecule has 5 heteroatoms. The first-order valence-electron chi connectivity index (χ1n) is 6.23. The van der Waals surface area contributed by atoms with Gasteiger partial charge in [0.05, 0.1) is 5.69 Å². The fourth-order valence-corrected chi connectivity index (χ4v) is 3.00. The summed E-state index contributed by atoms with van der Waals surface area (Å²) in [4.78, 5) is 18.3. The molecule has 4 nitrogen and oxygen atoms in total. The van der Waals surface area contributed by atoms with Crippen molar-refractivity contribution in [1.29, 1.82) is 0 Å². The molecule has 1 saturated carbocycles. The van der Waals surface area contributed by atoms with Gasteiger partial charge in [-0.25, -0.2) is 9.78 Å². The van der Waals surface area contributed by atoms with Crippen LogP contribution in [0.1, 0.15) is 54.9 Å². The van der Waals surface area contributed by atoms with E-state index in [1.165, 1.54) is 11.3 Å². The van der Waals surface area contributed by atoms with Crippen LogP contribution in [0.2, 0.25) is 0 Å². The maximum Gasteiger partial charge on any atom is 0.347 e. The van der Waals surface area contributed by atoms with Crippen LogP contribution < -0.4 is 4.90 Å². The number of hydrogen-bond donors (Lipinski definition) is 1. The smallest absolute Gasteiger partial charge is 0.347 e. The highest BCUT2D eigenvalue weighted by atomic mass is 32.1. The lowest BCUT2D eigenvalue weighted by Crippen LogP contribution is -2.28. The van der Waals surface area contributed by atoms with Crippen LogP contribution in [0.4, 0.5) is 5.13 Å². The molecular formula is C13H20N2O2S. The average molecular weight is 268 g/mol. The van der Waals surface area contributed by atoms with Crippen LogP contribution in [-0.2, 0) is 0 Å². The summed E-state index contributed by atoms with van der Waals surface area (Å²) in [6.07, 6.45) is 2.15. The second-order valence-corrected chi connectivity index (χ2v) is 7.18. The van der Waals surface area contributed by atoms with Crippen LogP contribution in [0.25, 0.3) is 0 Å². The van der Waals surface area contributed by atoms with Gasteiger partial charge in [-0.05, 0) is 18.3 Å². The maximum absolute atomic E-state index is 11.2. The predicted molar refractivity (Wildman–Crippen MR) is 73.8 cm³/mol. The van der Waals surface area contributed by atoms with E-state index in [0.717, 1.165) is 30.2 Å². The van der Waals surface area contributed by atoms with Crippen LogP contribution in [0.3, 0.4) is 0 Å². The molecule has 0 unspecified atom stereocenters. The highest BCUT2D eigenvalue weighted by molar-refractivity contribution is 7.17. The zero-order valence-electron chi connectivity index (χ0n) is 11.4. The largest absolute Gasteiger partial charge is 0.477 e. The number of rotatable bonds is 4. The van der Waals surface area contributed by atoms with Crippen molar-refractivity contribution in [3.63, 3.8) is 0 Å². The van der Waals surface area contributed by atoms with E-state index in [0.29, 0.717) is 10.8 Å². The predicted octanol–water partition coefficient (Wildman–Crippen LogP) is 3.20. The molecular weight excluding hydrogens is 248 g/mol. The van der Waals surface area contributed by atoms with Gasteiger partial charge in [0, 0.05) is 19.5 Å². The van der Waals surface area contributed by atoms with Crippen LogP contribution in [-0.4, -0.2) is 29.7 Å². The Hall–Kier alpha value is -1.10. The number of thiazole rings is 1. The molecule has 100 valence electrons. The van der Waals surface area contributed by atoms with Gasteiger partial charge in [-0.1, -0.05) is 32.1 Å². The van der Waals surface area contributed by atoms with Crippen molar-refractivity contribution in [1.82, 2.24) is 4.98 Å². The van der Waals surface area contributed by atoms with Crippen molar-refractivity contribution in [2.75, 3.05) is 18.5 Å². The van der Waals surface area contributed by atoms with Crippen molar-refractivity contribution in [3.8, 4) is 0 Å². The molecule has 18 heavy (non-hydrogen) atoms. The van der Waals surface area contributed by atoms with Gasteiger partial charge in [-0.15, -0.1) is 0 Å². The number of nitrogens with zero attached hydrogens (tertiary/aromatic N) is 2. The molecule has 0 atom stereocenters. The zero-order chi connectivity index (χ0) is 13.5. The summed E-state index contributed by atoms with van der Waals surface area (Å²) in [7, 11) is 1.98. The molecule has 0 radical (unpaired) electrons. The van der Waals surface area contributed by atoms with Gasteiger partial charge in [0.25, 0.3) is 0 Å². The highest BCUT2D eigenvalue weighted by Crippen LogP contribution is 2.44. The van der Waals surface area contributed by atoms with E-state index in [4.69, 9.17) is 0 Å². The summed E-state index contributed by atoms with van der Waals surface area (Å²) < 4.78 is 0. The number of hydrogen-bond acceptors (Lipinski definition) is 4. The molecule has 1 N–H and O–H groups in total. The van der Waals surface area contributed by atoms with Gasteiger partial charge in [-0.2, -0.15) is 0 Å². The number of carboxylic acid groups (broad SMARTS) is 1. The normalized spacial score (nSPS) is 15.8. The van der Waals surface area contributed by atoms with E-state index in [1.54, 1.807) is 0 Å². The first kappa shape index (κ1) is 13.3. The molecule has 1 aromatic heterocycles. The Bertz CT molecular complexity index is 458. The summed E-state index contributed by atoms with van der Waals surface area (Å²) in [5, 5.41) is 10.0. The van der Waals surface area contributed by atoms with E-state index in [2.05, 4.69) is 30.7 Å². The van der Waals surface area contributed by atoms with Crippen LogP contribution in [0, 0.1) is 5.41 Å². The van der Waals surface area contributed by atoms with Gasteiger partial charge in [-0.3, -0.25) is 0 Å². The van der Waals surface area contributed by atoms with E-state index in [9.17, 15) is 9.90 Å². The van der Waals surface area contributed by atoms with Crippen molar-refractivity contribution < 1.29 is 9.90 Å². The number of carbonyl (C=O) groups is 1. The Balaban J connectivity index is 2.23. The third-order valence-corrected chi connectivity index (χ3v) is 4.01. The van der Waals surface area contributed by atoms with E-state index >= 15 is 0 Å². The van der Waals surface area contributed by atoms with E-state index in [1.807, 2.05) is 7.05 Å². The van der Waals surface area contributed by atoms with Crippen LogP contribution in [0.5, 0.6) is 0 Å². The minimum atomic E-state index is -0.843.